The molecular weight excluding hydrogens is 1590 g/mol. The van der Waals surface area contributed by atoms with Crippen LogP contribution < -0.4 is 0 Å². The molecule has 12 heteroatoms. The van der Waals surface area contributed by atoms with Crippen LogP contribution in [0.2, 0.25) is 0 Å². The van der Waals surface area contributed by atoms with Gasteiger partial charge in [-0.05, 0) is 138 Å². The fourth-order valence-corrected chi connectivity index (χ4v) is 21.5. The first-order valence-corrected chi connectivity index (χ1v) is 44.7. The van der Waals surface area contributed by atoms with Crippen molar-refractivity contribution in [1.82, 2.24) is 43.6 Å². The third-order valence-corrected chi connectivity index (χ3v) is 27.3. The average molecular weight is 1660 g/mol. The molecule has 0 saturated heterocycles. The van der Waals surface area contributed by atoms with Crippen molar-refractivity contribution in [2.24, 2.45) is 0 Å². The molecule has 0 spiro atoms. The summed E-state index contributed by atoms with van der Waals surface area (Å²) in [5, 5.41) is 14.3. The van der Waals surface area contributed by atoms with Crippen molar-refractivity contribution in [3.63, 3.8) is 0 Å². The normalized spacial score (nSPS) is 11.7. The van der Waals surface area contributed by atoms with Gasteiger partial charge in [-0.1, -0.05) is 315 Å². The van der Waals surface area contributed by atoms with Gasteiger partial charge in [0.1, 0.15) is 14.5 Å². The van der Waals surface area contributed by atoms with Gasteiger partial charge in [0, 0.05) is 129 Å². The Kier molecular flexibility index (Phi) is 18.3. The molecule has 0 fully saturated rings. The summed E-state index contributed by atoms with van der Waals surface area (Å²) in [6.07, 6.45) is 0. The molecule has 0 aliphatic carbocycles. The average Bonchev–Trinajstić information content (AvgIpc) is 1.58. The van der Waals surface area contributed by atoms with Crippen molar-refractivity contribution in [2.45, 2.75) is 0 Å². The molecule has 590 valence electrons. The maximum absolute atomic E-state index is 5.34. The molecule has 0 aliphatic rings. The summed E-state index contributed by atoms with van der Waals surface area (Å²) in [5.74, 6) is 2.24. The van der Waals surface area contributed by atoms with Crippen LogP contribution in [0.4, 0.5) is 0 Å². The maximum Gasteiger partial charge on any atom is 0.161 e. The summed E-state index contributed by atoms with van der Waals surface area (Å²) in [4.78, 5) is 34.2. The van der Waals surface area contributed by atoms with Gasteiger partial charge in [0.2, 0.25) is 0 Å². The van der Waals surface area contributed by atoms with E-state index in [1.54, 1.807) is 34.0 Å². The molecule has 0 aliphatic heterocycles. The predicted octanol–water partition coefficient (Wildman–Crippen LogP) is 31.2. The first-order chi connectivity index (χ1) is 62.5. The molecule has 26 aromatic rings. The van der Waals surface area contributed by atoms with Crippen LogP contribution in [0.15, 0.2) is 431 Å². The second kappa shape index (κ2) is 31.2. The molecule has 0 radical (unpaired) electrons. The second-order valence-electron chi connectivity index (χ2n) is 31.5. The van der Waals surface area contributed by atoms with E-state index in [2.05, 4.69) is 414 Å². The van der Waals surface area contributed by atoms with Crippen LogP contribution in [0.25, 0.3) is 234 Å². The zero-order valence-corrected chi connectivity index (χ0v) is 70.2. The summed E-state index contributed by atoms with van der Waals surface area (Å²) < 4.78 is 10.7. The number of hydrogen-bond acceptors (Lipinski definition) is 9. The molecule has 0 saturated carbocycles. The number of thiophene rings is 3. The van der Waals surface area contributed by atoms with Crippen molar-refractivity contribution in [1.29, 1.82) is 0 Å². The SMILES string of the molecule is c1ccc(-c2ccc(-c3nc(-c4ccc5c(c4)c4ccccc4n5-c4ccccc4)c4c(n3)sc3ccccc34)cc2)cc1.c1ccc(-c2cccc(-c3nc(-c4ccc5c(c4)c4ccccc4n5-c4ccccc4)c4c(n3)sc3ccccc34)c2)cc1.c1ccc(-c2nc(-c3ccc4c(c3)c3ccccc3n4-c3ccccc3)c3c(n2)sc2ccccc23)cc1. The smallest absolute Gasteiger partial charge is 0.161 e. The molecule has 0 unspecified atom stereocenters. The molecule has 0 amide bonds. The third kappa shape index (κ3) is 13.0. The first-order valence-electron chi connectivity index (χ1n) is 42.2. The van der Waals surface area contributed by atoms with Crippen LogP contribution in [0, 0.1) is 0 Å². The highest BCUT2D eigenvalue weighted by Gasteiger charge is 2.25. The molecule has 26 rings (SSSR count). The van der Waals surface area contributed by atoms with Gasteiger partial charge in [-0.15, -0.1) is 34.0 Å². The van der Waals surface area contributed by atoms with Gasteiger partial charge in [-0.3, -0.25) is 0 Å². The fourth-order valence-electron chi connectivity index (χ4n) is 18.3. The lowest BCUT2D eigenvalue weighted by Gasteiger charge is -2.10. The van der Waals surface area contributed by atoms with E-state index in [4.69, 9.17) is 29.9 Å². The molecule has 9 aromatic heterocycles. The third-order valence-electron chi connectivity index (χ3n) is 24.1. The topological polar surface area (TPSA) is 92.1 Å². The first kappa shape index (κ1) is 73.9. The van der Waals surface area contributed by atoms with Crippen molar-refractivity contribution < 1.29 is 0 Å². The summed E-state index contributed by atoms with van der Waals surface area (Å²) in [5.41, 5.74) is 24.5. The molecule has 0 N–H and O–H groups in total. The lowest BCUT2D eigenvalue weighted by atomic mass is 10.0. The second-order valence-corrected chi connectivity index (χ2v) is 34.6. The van der Waals surface area contributed by atoms with Gasteiger partial charge < -0.3 is 13.7 Å². The van der Waals surface area contributed by atoms with Crippen LogP contribution in [0.5, 0.6) is 0 Å². The minimum Gasteiger partial charge on any atom is -0.309 e. The van der Waals surface area contributed by atoms with Gasteiger partial charge in [-0.25, -0.2) is 29.9 Å². The van der Waals surface area contributed by atoms with Crippen LogP contribution >= 0.6 is 34.0 Å². The van der Waals surface area contributed by atoms with Gasteiger partial charge >= 0.3 is 0 Å². The van der Waals surface area contributed by atoms with E-state index in [9.17, 15) is 0 Å². The van der Waals surface area contributed by atoms with E-state index in [0.29, 0.717) is 0 Å². The lowest BCUT2D eigenvalue weighted by molar-refractivity contribution is 1.18. The number of hydrogen-bond donors (Lipinski definition) is 0. The fraction of sp³-hybridized carbons (Fsp3) is 0. The molecular formula is C114H71N9S3. The highest BCUT2D eigenvalue weighted by molar-refractivity contribution is 7.26. The standard InChI is InChI=1S/2C40H25N3S.C34H21N3S/c1-3-12-26(13-4-1)27-14-11-15-29(24-27)39-41-38(37-32-19-8-10-21-36(32)44-40(37)42-39)28-22-23-35-33(25-28)31-18-7-9-20-34(31)43(35)30-16-5-2-6-17-30;1-3-11-26(12-4-1)27-19-21-28(22-20-27)39-41-38(37-32-16-8-10-18-36(32)44-40(37)42-39)29-23-24-35-33(25-29)31-15-7-9-17-34(31)43(35)30-13-5-2-6-14-30;1-3-11-22(12-4-1)33-35-32(31-26-16-8-10-18-30(26)38-34(31)36-33)23-19-20-29-27(21-23)25-15-7-9-17-28(25)37(29)24-13-5-2-6-14-24/h2*1-25H;1-21H. The van der Waals surface area contributed by atoms with E-state index >= 15 is 0 Å². The monoisotopic (exact) mass is 1660 g/mol. The summed E-state index contributed by atoms with van der Waals surface area (Å²) in [7, 11) is 0. The number of fused-ring (bicyclic) bond motifs is 18. The van der Waals surface area contributed by atoms with Crippen molar-refractivity contribution in [2.75, 3.05) is 0 Å². The van der Waals surface area contributed by atoms with Gasteiger partial charge in [0.05, 0.1) is 50.2 Å². The Labute approximate surface area is 736 Å². The largest absolute Gasteiger partial charge is 0.309 e. The van der Waals surface area contributed by atoms with Crippen molar-refractivity contribution in [3.05, 3.63) is 431 Å². The predicted molar refractivity (Wildman–Crippen MR) is 531 cm³/mol. The van der Waals surface area contributed by atoms with Gasteiger partial charge in [0.25, 0.3) is 0 Å². The van der Waals surface area contributed by atoms with Crippen LogP contribution in [-0.4, -0.2) is 43.6 Å². The van der Waals surface area contributed by atoms with Crippen LogP contribution in [0.1, 0.15) is 0 Å². The molecule has 9 nitrogen and oxygen atoms in total. The van der Waals surface area contributed by atoms with E-state index in [0.717, 1.165) is 121 Å². The van der Waals surface area contributed by atoms with E-state index in [1.165, 1.54) is 112 Å². The quantitative estimate of drug-likeness (QED) is 0.128. The summed E-state index contributed by atoms with van der Waals surface area (Å²) in [6.45, 7) is 0. The number of rotatable bonds is 11. The molecule has 9 heterocycles. The summed E-state index contributed by atoms with van der Waals surface area (Å²) >= 11 is 5.20. The number of benzene rings is 17. The summed E-state index contributed by atoms with van der Waals surface area (Å²) in [6, 6.07) is 152. The molecule has 17 aromatic carbocycles. The van der Waals surface area contributed by atoms with E-state index in [1.807, 2.05) is 30.3 Å². The number of para-hydroxylation sites is 6. The van der Waals surface area contributed by atoms with E-state index < -0.39 is 0 Å². The highest BCUT2D eigenvalue weighted by Crippen LogP contribution is 2.47. The van der Waals surface area contributed by atoms with Crippen LogP contribution in [0.3, 0.4) is 0 Å². The molecule has 0 bridgehead atoms. The molecule has 126 heavy (non-hydrogen) atoms. The van der Waals surface area contributed by atoms with Gasteiger partial charge in [-0.2, -0.15) is 0 Å². The van der Waals surface area contributed by atoms with E-state index in [-0.39, 0.29) is 0 Å². The Morgan fingerprint density at radius 1 is 0.159 bits per heavy atom. The Morgan fingerprint density at radius 3 is 0.770 bits per heavy atom. The zero-order valence-electron chi connectivity index (χ0n) is 67.7. The Bertz CT molecular complexity index is 8700. The molecule has 0 atom stereocenters. The zero-order chi connectivity index (χ0) is 83.1. The van der Waals surface area contributed by atoms with Gasteiger partial charge in [0.15, 0.2) is 17.5 Å². The Morgan fingerprint density at radius 2 is 0.405 bits per heavy atom. The van der Waals surface area contributed by atoms with Crippen LogP contribution in [-0.2, 0) is 0 Å². The number of aromatic nitrogens is 9. The minimum absolute atomic E-state index is 0.739. The number of nitrogens with zero attached hydrogens (tertiary/aromatic N) is 9. The Balaban J connectivity index is 0.000000106. The minimum atomic E-state index is 0.739. The maximum atomic E-state index is 5.34. The highest BCUT2D eigenvalue weighted by atomic mass is 32.1. The Hall–Kier alpha value is -16.0. The van der Waals surface area contributed by atoms with Crippen molar-refractivity contribution >= 4 is 160 Å². The lowest BCUT2D eigenvalue weighted by Crippen LogP contribution is -1.95. The van der Waals surface area contributed by atoms with Crippen molar-refractivity contribution in [3.8, 4) is 107 Å².